The summed E-state index contributed by atoms with van der Waals surface area (Å²) in [6.07, 6.45) is 1.18. The van der Waals surface area contributed by atoms with Crippen molar-refractivity contribution in [1.82, 2.24) is 0 Å². The quantitative estimate of drug-likeness (QED) is 0.564. The highest BCUT2D eigenvalue weighted by Gasteiger charge is 2.34. The van der Waals surface area contributed by atoms with Gasteiger partial charge in [0.25, 0.3) is 0 Å². The fraction of sp³-hybridized carbons (Fsp3) is 1.00. The average Bonchev–Trinajstić information content (AvgIpc) is 2.45. The molecule has 1 aliphatic rings. The Labute approximate surface area is 73.0 Å². The van der Waals surface area contributed by atoms with Gasteiger partial charge in [-0.3, -0.25) is 0 Å². The van der Waals surface area contributed by atoms with Crippen molar-refractivity contribution < 1.29 is 15.3 Å². The highest BCUT2D eigenvalue weighted by atomic mass is 16.3. The number of aliphatic hydroxyl groups is 3. The first-order valence-electron chi connectivity index (χ1n) is 4.58. The summed E-state index contributed by atoms with van der Waals surface area (Å²) in [5, 5.41) is 27.0. The lowest BCUT2D eigenvalue weighted by Crippen LogP contribution is -2.22. The van der Waals surface area contributed by atoms with Crippen molar-refractivity contribution in [2.75, 3.05) is 13.2 Å². The second-order valence-electron chi connectivity index (χ2n) is 3.90. The highest BCUT2D eigenvalue weighted by molar-refractivity contribution is 4.84. The van der Waals surface area contributed by atoms with Crippen LogP contribution in [0, 0.1) is 17.8 Å². The molecule has 0 saturated heterocycles. The van der Waals surface area contributed by atoms with Crippen molar-refractivity contribution in [3.05, 3.63) is 0 Å². The molecule has 0 bridgehead atoms. The van der Waals surface area contributed by atoms with Crippen LogP contribution in [0.5, 0.6) is 0 Å². The fourth-order valence-electron chi connectivity index (χ4n) is 2.11. The van der Waals surface area contributed by atoms with E-state index in [0.717, 1.165) is 12.8 Å². The lowest BCUT2D eigenvalue weighted by molar-refractivity contribution is 0.0463. The molecule has 0 aromatic carbocycles. The number of rotatable bonds is 3. The first kappa shape index (κ1) is 9.96. The largest absolute Gasteiger partial charge is 0.396 e. The molecule has 0 spiro atoms. The van der Waals surface area contributed by atoms with Crippen molar-refractivity contribution in [2.45, 2.75) is 25.9 Å². The minimum atomic E-state index is -0.594. The van der Waals surface area contributed by atoms with Gasteiger partial charge in [0.2, 0.25) is 0 Å². The topological polar surface area (TPSA) is 60.7 Å². The maximum atomic E-state index is 9.36. The predicted molar refractivity (Wildman–Crippen MR) is 45.6 cm³/mol. The third-order valence-corrected chi connectivity index (χ3v) is 3.05. The van der Waals surface area contributed by atoms with Gasteiger partial charge in [-0.25, -0.2) is 0 Å². The van der Waals surface area contributed by atoms with E-state index in [1.54, 1.807) is 0 Å². The first-order chi connectivity index (χ1) is 5.69. The van der Waals surface area contributed by atoms with Gasteiger partial charge in [0.1, 0.15) is 0 Å². The maximum absolute atomic E-state index is 9.36. The number of hydrogen-bond donors (Lipinski definition) is 3. The lowest BCUT2D eigenvalue weighted by atomic mass is 9.99. The van der Waals surface area contributed by atoms with Gasteiger partial charge in [-0.1, -0.05) is 6.92 Å². The van der Waals surface area contributed by atoms with Gasteiger partial charge in [-0.05, 0) is 30.6 Å². The maximum Gasteiger partial charge on any atom is 0.0799 e. The molecule has 72 valence electrons. The standard InChI is InChI=1S/C9H18O3/c1-6-2-7(9(12)5-11)3-8(6)4-10/h6-12H,2-5H2,1H3. The van der Waals surface area contributed by atoms with Gasteiger partial charge in [0, 0.05) is 6.61 Å². The monoisotopic (exact) mass is 174 g/mol. The van der Waals surface area contributed by atoms with E-state index in [-0.39, 0.29) is 19.1 Å². The third-order valence-electron chi connectivity index (χ3n) is 3.05. The molecule has 0 aromatic rings. The number of hydrogen-bond acceptors (Lipinski definition) is 3. The highest BCUT2D eigenvalue weighted by Crippen LogP contribution is 2.37. The predicted octanol–water partition coefficient (Wildman–Crippen LogP) is -0.00580. The van der Waals surface area contributed by atoms with E-state index in [1.165, 1.54) is 0 Å². The molecule has 4 unspecified atom stereocenters. The van der Waals surface area contributed by atoms with E-state index < -0.39 is 6.10 Å². The van der Waals surface area contributed by atoms with Crippen molar-refractivity contribution in [3.8, 4) is 0 Å². The van der Waals surface area contributed by atoms with Gasteiger partial charge >= 0.3 is 0 Å². The van der Waals surface area contributed by atoms with E-state index >= 15 is 0 Å². The second kappa shape index (κ2) is 4.21. The van der Waals surface area contributed by atoms with E-state index in [2.05, 4.69) is 6.92 Å². The summed E-state index contributed by atoms with van der Waals surface area (Å²) in [7, 11) is 0. The van der Waals surface area contributed by atoms with Gasteiger partial charge in [-0.2, -0.15) is 0 Å². The van der Waals surface area contributed by atoms with E-state index in [4.69, 9.17) is 10.2 Å². The Kier molecular flexibility index (Phi) is 3.50. The first-order valence-corrected chi connectivity index (χ1v) is 4.58. The minimum Gasteiger partial charge on any atom is -0.396 e. The SMILES string of the molecule is CC1CC(C(O)CO)CC1CO. The van der Waals surface area contributed by atoms with Crippen LogP contribution in [0.3, 0.4) is 0 Å². The normalized spacial score (nSPS) is 38.5. The Hall–Kier alpha value is -0.120. The van der Waals surface area contributed by atoms with E-state index in [1.807, 2.05) is 0 Å². The van der Waals surface area contributed by atoms with Crippen LogP contribution in [0.25, 0.3) is 0 Å². The van der Waals surface area contributed by atoms with Crippen molar-refractivity contribution in [2.24, 2.45) is 17.8 Å². The van der Waals surface area contributed by atoms with Crippen LogP contribution < -0.4 is 0 Å². The molecule has 3 heteroatoms. The fourth-order valence-corrected chi connectivity index (χ4v) is 2.11. The van der Waals surface area contributed by atoms with Crippen LogP contribution in [0.4, 0.5) is 0 Å². The zero-order chi connectivity index (χ0) is 9.14. The van der Waals surface area contributed by atoms with Crippen LogP contribution >= 0.6 is 0 Å². The molecule has 12 heavy (non-hydrogen) atoms. The molecule has 1 rings (SSSR count). The zero-order valence-corrected chi connectivity index (χ0v) is 7.48. The zero-order valence-electron chi connectivity index (χ0n) is 7.48. The summed E-state index contributed by atoms with van der Waals surface area (Å²) < 4.78 is 0. The summed E-state index contributed by atoms with van der Waals surface area (Å²) in [5.41, 5.74) is 0. The van der Waals surface area contributed by atoms with Crippen molar-refractivity contribution in [3.63, 3.8) is 0 Å². The summed E-state index contributed by atoms with van der Waals surface area (Å²) in [4.78, 5) is 0. The molecular formula is C9H18O3. The molecular weight excluding hydrogens is 156 g/mol. The van der Waals surface area contributed by atoms with Crippen LogP contribution in [0.1, 0.15) is 19.8 Å². The van der Waals surface area contributed by atoms with Gasteiger partial charge in [0.05, 0.1) is 12.7 Å². The van der Waals surface area contributed by atoms with Crippen LogP contribution in [0.15, 0.2) is 0 Å². The average molecular weight is 174 g/mol. The van der Waals surface area contributed by atoms with Crippen LogP contribution in [0.2, 0.25) is 0 Å². The molecule has 1 saturated carbocycles. The Morgan fingerprint density at radius 3 is 2.42 bits per heavy atom. The molecule has 0 aromatic heterocycles. The molecule has 3 nitrogen and oxygen atoms in total. The second-order valence-corrected chi connectivity index (χ2v) is 3.90. The Morgan fingerprint density at radius 2 is 2.00 bits per heavy atom. The smallest absolute Gasteiger partial charge is 0.0799 e. The summed E-state index contributed by atoms with van der Waals surface area (Å²) in [6.45, 7) is 2.14. The number of aliphatic hydroxyl groups excluding tert-OH is 3. The van der Waals surface area contributed by atoms with E-state index in [0.29, 0.717) is 11.8 Å². The Balaban J connectivity index is 2.42. The van der Waals surface area contributed by atoms with Crippen molar-refractivity contribution >= 4 is 0 Å². The third kappa shape index (κ3) is 1.97. The minimum absolute atomic E-state index is 0.157. The molecule has 0 heterocycles. The van der Waals surface area contributed by atoms with Gasteiger partial charge in [0.15, 0.2) is 0 Å². The Morgan fingerprint density at radius 1 is 1.33 bits per heavy atom. The molecule has 3 N–H and O–H groups in total. The lowest BCUT2D eigenvalue weighted by Gasteiger charge is -2.14. The van der Waals surface area contributed by atoms with Gasteiger partial charge < -0.3 is 15.3 Å². The molecule has 1 fully saturated rings. The molecule has 0 aliphatic heterocycles. The summed E-state index contributed by atoms with van der Waals surface area (Å²) >= 11 is 0. The van der Waals surface area contributed by atoms with E-state index in [9.17, 15) is 5.11 Å². The summed E-state index contributed by atoms with van der Waals surface area (Å²) in [6, 6.07) is 0. The van der Waals surface area contributed by atoms with Crippen LogP contribution in [-0.2, 0) is 0 Å². The summed E-state index contributed by atoms with van der Waals surface area (Å²) in [5.74, 6) is 0.972. The molecule has 0 amide bonds. The van der Waals surface area contributed by atoms with Crippen LogP contribution in [-0.4, -0.2) is 34.6 Å². The van der Waals surface area contributed by atoms with Crippen molar-refractivity contribution in [1.29, 1.82) is 0 Å². The molecule has 1 aliphatic carbocycles. The van der Waals surface area contributed by atoms with Gasteiger partial charge in [-0.15, -0.1) is 0 Å². The Bertz CT molecular complexity index is 138. The molecule has 0 radical (unpaired) electrons. The molecule has 4 atom stereocenters.